The Bertz CT molecular complexity index is 655. The van der Waals surface area contributed by atoms with E-state index in [0.29, 0.717) is 12.6 Å². The lowest BCUT2D eigenvalue weighted by atomic mass is 9.96. The summed E-state index contributed by atoms with van der Waals surface area (Å²) in [5, 5.41) is 3.27. The van der Waals surface area contributed by atoms with E-state index < -0.39 is 0 Å². The van der Waals surface area contributed by atoms with Crippen LogP contribution in [0.4, 0.5) is 4.79 Å². The molecule has 2 atom stereocenters. The molecule has 0 unspecified atom stereocenters. The van der Waals surface area contributed by atoms with Crippen LogP contribution >= 0.6 is 0 Å². The molecule has 4 rings (SSSR count). The minimum absolute atomic E-state index is 0.0562. The van der Waals surface area contributed by atoms with Gasteiger partial charge in [0, 0.05) is 31.1 Å². The SMILES string of the molecule is Cc1cc(C)c2c(c1)[C@H](NC(=O)N1CC[C@@H](N3CCCC3)C1)CCO2. The van der Waals surface area contributed by atoms with Gasteiger partial charge in [-0.2, -0.15) is 0 Å². The van der Waals surface area contributed by atoms with Gasteiger partial charge in [0.15, 0.2) is 0 Å². The minimum atomic E-state index is 0.0562. The fourth-order valence-corrected chi connectivity index (χ4v) is 4.60. The molecular weight excluding hydrogens is 314 g/mol. The standard InChI is InChI=1S/C20H29N3O2/c1-14-11-15(2)19-17(12-14)18(6-10-25-19)21-20(24)23-9-5-16(13-23)22-7-3-4-8-22/h11-12,16,18H,3-10,13H2,1-2H3,(H,21,24)/t16-,18-/m1/s1. The highest BCUT2D eigenvalue weighted by Crippen LogP contribution is 2.36. The molecule has 3 aliphatic heterocycles. The Morgan fingerprint density at radius 3 is 2.76 bits per heavy atom. The molecule has 2 fully saturated rings. The second kappa shape index (κ2) is 6.87. The highest BCUT2D eigenvalue weighted by molar-refractivity contribution is 5.75. The molecule has 3 heterocycles. The number of nitrogens with zero attached hydrogens (tertiary/aromatic N) is 2. The second-order valence-electron chi connectivity index (χ2n) is 7.77. The van der Waals surface area contributed by atoms with Crippen molar-refractivity contribution in [2.75, 3.05) is 32.8 Å². The average Bonchev–Trinajstić information content (AvgIpc) is 3.27. The third-order valence-corrected chi connectivity index (χ3v) is 5.88. The first-order valence-electron chi connectivity index (χ1n) is 9.65. The summed E-state index contributed by atoms with van der Waals surface area (Å²) >= 11 is 0. The summed E-state index contributed by atoms with van der Waals surface area (Å²) in [6.07, 6.45) is 4.56. The zero-order chi connectivity index (χ0) is 17.4. The molecule has 0 saturated carbocycles. The molecule has 5 heteroatoms. The molecular formula is C20H29N3O2. The molecule has 1 N–H and O–H groups in total. The van der Waals surface area contributed by atoms with E-state index in [0.717, 1.165) is 42.8 Å². The maximum atomic E-state index is 12.8. The van der Waals surface area contributed by atoms with Crippen LogP contribution < -0.4 is 10.1 Å². The van der Waals surface area contributed by atoms with Gasteiger partial charge in [-0.1, -0.05) is 17.7 Å². The second-order valence-corrected chi connectivity index (χ2v) is 7.77. The van der Waals surface area contributed by atoms with Crippen molar-refractivity contribution in [3.63, 3.8) is 0 Å². The van der Waals surface area contributed by atoms with E-state index in [2.05, 4.69) is 36.2 Å². The number of fused-ring (bicyclic) bond motifs is 1. The third kappa shape index (κ3) is 3.34. The predicted molar refractivity (Wildman–Crippen MR) is 98.1 cm³/mol. The Kier molecular flexibility index (Phi) is 4.59. The molecule has 3 aliphatic rings. The number of benzene rings is 1. The van der Waals surface area contributed by atoms with Crippen LogP contribution in [0.3, 0.4) is 0 Å². The maximum absolute atomic E-state index is 12.8. The van der Waals surface area contributed by atoms with E-state index in [9.17, 15) is 4.79 Å². The van der Waals surface area contributed by atoms with Crippen LogP contribution in [-0.4, -0.2) is 54.7 Å². The monoisotopic (exact) mass is 343 g/mol. The molecule has 0 radical (unpaired) electrons. The maximum Gasteiger partial charge on any atom is 0.317 e. The lowest BCUT2D eigenvalue weighted by Crippen LogP contribution is -2.43. The Hall–Kier alpha value is -1.75. The van der Waals surface area contributed by atoms with Crippen LogP contribution in [0.15, 0.2) is 12.1 Å². The number of likely N-dealkylation sites (tertiary alicyclic amines) is 2. The van der Waals surface area contributed by atoms with E-state index in [4.69, 9.17) is 4.74 Å². The van der Waals surface area contributed by atoms with Gasteiger partial charge in [-0.25, -0.2) is 4.79 Å². The van der Waals surface area contributed by atoms with Gasteiger partial charge in [-0.3, -0.25) is 4.90 Å². The summed E-state index contributed by atoms with van der Waals surface area (Å²) in [4.78, 5) is 17.4. The molecule has 136 valence electrons. The fourth-order valence-electron chi connectivity index (χ4n) is 4.60. The summed E-state index contributed by atoms with van der Waals surface area (Å²) in [6.45, 7) is 8.99. The zero-order valence-corrected chi connectivity index (χ0v) is 15.4. The molecule has 5 nitrogen and oxygen atoms in total. The number of nitrogens with one attached hydrogen (secondary N) is 1. The quantitative estimate of drug-likeness (QED) is 0.898. The molecule has 0 aliphatic carbocycles. The average molecular weight is 343 g/mol. The summed E-state index contributed by atoms with van der Waals surface area (Å²) in [5.74, 6) is 0.957. The summed E-state index contributed by atoms with van der Waals surface area (Å²) in [5.41, 5.74) is 3.51. The van der Waals surface area contributed by atoms with Crippen LogP contribution in [0.1, 0.15) is 48.4 Å². The number of carbonyl (C=O) groups is 1. The van der Waals surface area contributed by atoms with Gasteiger partial charge < -0.3 is 15.0 Å². The number of rotatable bonds is 2. The van der Waals surface area contributed by atoms with E-state index in [1.54, 1.807) is 0 Å². The van der Waals surface area contributed by atoms with Gasteiger partial charge in [0.05, 0.1) is 12.6 Å². The van der Waals surface area contributed by atoms with Gasteiger partial charge >= 0.3 is 6.03 Å². The van der Waals surface area contributed by atoms with Crippen LogP contribution in [0.5, 0.6) is 5.75 Å². The van der Waals surface area contributed by atoms with E-state index in [-0.39, 0.29) is 12.1 Å². The number of hydrogen-bond donors (Lipinski definition) is 1. The van der Waals surface area contributed by atoms with Crippen LogP contribution in [0, 0.1) is 13.8 Å². The lowest BCUT2D eigenvalue weighted by molar-refractivity contribution is 0.188. The first kappa shape index (κ1) is 16.7. The largest absolute Gasteiger partial charge is 0.493 e. The predicted octanol–water partition coefficient (Wildman–Crippen LogP) is 3.01. The molecule has 0 spiro atoms. The number of aryl methyl sites for hydroxylation is 2. The number of amides is 2. The van der Waals surface area contributed by atoms with Crippen LogP contribution in [-0.2, 0) is 0 Å². The molecule has 2 amide bonds. The van der Waals surface area contributed by atoms with Crippen molar-refractivity contribution in [3.05, 3.63) is 28.8 Å². The lowest BCUT2D eigenvalue weighted by Gasteiger charge is -2.30. The summed E-state index contributed by atoms with van der Waals surface area (Å²) in [6, 6.07) is 4.99. The van der Waals surface area contributed by atoms with Gasteiger partial charge in [-0.05, 0) is 51.8 Å². The number of urea groups is 1. The third-order valence-electron chi connectivity index (χ3n) is 5.88. The van der Waals surface area contributed by atoms with Gasteiger partial charge in [0.2, 0.25) is 0 Å². The number of ether oxygens (including phenoxy) is 1. The molecule has 25 heavy (non-hydrogen) atoms. The Morgan fingerprint density at radius 1 is 1.16 bits per heavy atom. The zero-order valence-electron chi connectivity index (χ0n) is 15.4. The van der Waals surface area contributed by atoms with Crippen molar-refractivity contribution < 1.29 is 9.53 Å². The van der Waals surface area contributed by atoms with Crippen molar-refractivity contribution in [2.24, 2.45) is 0 Å². The highest BCUT2D eigenvalue weighted by Gasteiger charge is 2.33. The summed E-state index contributed by atoms with van der Waals surface area (Å²) < 4.78 is 5.86. The van der Waals surface area contributed by atoms with Crippen molar-refractivity contribution in [1.82, 2.24) is 15.1 Å². The number of hydrogen-bond acceptors (Lipinski definition) is 3. The van der Waals surface area contributed by atoms with Gasteiger partial charge in [0.1, 0.15) is 5.75 Å². The van der Waals surface area contributed by atoms with E-state index in [1.807, 2.05) is 4.90 Å². The van der Waals surface area contributed by atoms with Crippen molar-refractivity contribution in [3.8, 4) is 5.75 Å². The van der Waals surface area contributed by atoms with Crippen molar-refractivity contribution >= 4 is 6.03 Å². The first-order valence-corrected chi connectivity index (χ1v) is 9.65. The Balaban J connectivity index is 1.42. The molecule has 1 aromatic rings. The van der Waals surface area contributed by atoms with Crippen molar-refractivity contribution in [2.45, 2.75) is 51.6 Å². The van der Waals surface area contributed by atoms with Gasteiger partial charge in [0.25, 0.3) is 0 Å². The number of carbonyl (C=O) groups excluding carboxylic acids is 1. The van der Waals surface area contributed by atoms with Gasteiger partial charge in [-0.15, -0.1) is 0 Å². The molecule has 0 aromatic heterocycles. The normalized spacial score (nSPS) is 26.4. The molecule has 2 saturated heterocycles. The topological polar surface area (TPSA) is 44.8 Å². The fraction of sp³-hybridized carbons (Fsp3) is 0.650. The van der Waals surface area contributed by atoms with E-state index >= 15 is 0 Å². The smallest absolute Gasteiger partial charge is 0.317 e. The minimum Gasteiger partial charge on any atom is -0.493 e. The van der Waals surface area contributed by atoms with E-state index in [1.165, 1.54) is 31.5 Å². The van der Waals surface area contributed by atoms with Crippen LogP contribution in [0.25, 0.3) is 0 Å². The Labute approximate surface area is 150 Å². The first-order chi connectivity index (χ1) is 12.1. The summed E-state index contributed by atoms with van der Waals surface area (Å²) in [7, 11) is 0. The molecule has 0 bridgehead atoms. The highest BCUT2D eigenvalue weighted by atomic mass is 16.5. The molecule has 1 aromatic carbocycles. The Morgan fingerprint density at radius 2 is 1.96 bits per heavy atom. The van der Waals surface area contributed by atoms with Crippen LogP contribution in [0.2, 0.25) is 0 Å². The van der Waals surface area contributed by atoms with Crippen molar-refractivity contribution in [1.29, 1.82) is 0 Å².